The van der Waals surface area contributed by atoms with Crippen LogP contribution in [0.25, 0.3) is 28.2 Å². The van der Waals surface area contributed by atoms with Crippen LogP contribution in [-0.4, -0.2) is 29.5 Å². The molecule has 0 spiro atoms. The van der Waals surface area contributed by atoms with Crippen molar-refractivity contribution in [3.63, 3.8) is 0 Å². The second kappa shape index (κ2) is 5.48. The summed E-state index contributed by atoms with van der Waals surface area (Å²) in [5, 5.41) is 4.54. The summed E-state index contributed by atoms with van der Waals surface area (Å²) in [4.78, 5) is 37.0. The third kappa shape index (κ3) is 2.43. The van der Waals surface area contributed by atoms with Crippen LogP contribution in [0.3, 0.4) is 0 Å². The van der Waals surface area contributed by atoms with Gasteiger partial charge in [0.05, 0.1) is 23.1 Å². The van der Waals surface area contributed by atoms with Gasteiger partial charge in [0.1, 0.15) is 0 Å². The van der Waals surface area contributed by atoms with Gasteiger partial charge >= 0.3 is 5.69 Å². The van der Waals surface area contributed by atoms with E-state index in [0.717, 1.165) is 35.3 Å². The SMILES string of the molecule is O=c1[nH]cc(-c2cc(C3CC3)c3nc(-c4cccnc4)cn3n2)c(=O)[nH]1. The molecule has 0 bridgehead atoms. The largest absolute Gasteiger partial charge is 0.325 e. The molecule has 5 rings (SSSR count). The standard InChI is InChI=1S/C18H14N6O2/c25-17-13(8-20-18(26)22-17)14-6-12(10-3-4-10)16-21-15(9-24(16)23-14)11-2-1-5-19-7-11/h1-2,5-10H,3-4H2,(H2,20,22,25,26). The number of aromatic nitrogens is 6. The molecule has 2 N–H and O–H groups in total. The van der Waals surface area contributed by atoms with Crippen LogP contribution in [-0.2, 0) is 0 Å². The van der Waals surface area contributed by atoms with E-state index in [9.17, 15) is 9.59 Å². The summed E-state index contributed by atoms with van der Waals surface area (Å²) in [6, 6.07) is 5.70. The third-order valence-corrected chi connectivity index (χ3v) is 4.52. The van der Waals surface area contributed by atoms with Crippen molar-refractivity contribution in [1.29, 1.82) is 0 Å². The van der Waals surface area contributed by atoms with Crippen molar-refractivity contribution >= 4 is 5.65 Å². The van der Waals surface area contributed by atoms with Crippen molar-refractivity contribution in [3.8, 4) is 22.5 Å². The molecule has 0 atom stereocenters. The van der Waals surface area contributed by atoms with Crippen molar-refractivity contribution in [3.05, 3.63) is 69.4 Å². The number of H-pyrrole nitrogens is 2. The number of aromatic amines is 2. The van der Waals surface area contributed by atoms with Crippen LogP contribution >= 0.6 is 0 Å². The molecule has 0 aliphatic heterocycles. The molecule has 8 nitrogen and oxygen atoms in total. The smallest absolute Gasteiger partial charge is 0.313 e. The summed E-state index contributed by atoms with van der Waals surface area (Å²) >= 11 is 0. The highest BCUT2D eigenvalue weighted by atomic mass is 16.2. The molecular weight excluding hydrogens is 332 g/mol. The Kier molecular flexibility index (Phi) is 3.11. The molecule has 8 heteroatoms. The fourth-order valence-electron chi connectivity index (χ4n) is 3.08. The molecule has 128 valence electrons. The van der Waals surface area contributed by atoms with Crippen LogP contribution in [0.5, 0.6) is 0 Å². The molecule has 1 saturated carbocycles. The van der Waals surface area contributed by atoms with Crippen molar-refractivity contribution in [2.24, 2.45) is 0 Å². The Morgan fingerprint density at radius 2 is 2.08 bits per heavy atom. The number of nitrogens with one attached hydrogen (secondary N) is 2. The lowest BCUT2D eigenvalue weighted by Crippen LogP contribution is -2.23. The van der Waals surface area contributed by atoms with Crippen molar-refractivity contribution in [2.75, 3.05) is 0 Å². The maximum atomic E-state index is 12.2. The number of nitrogens with zero attached hydrogens (tertiary/aromatic N) is 4. The minimum atomic E-state index is -0.538. The van der Waals surface area contributed by atoms with Gasteiger partial charge in [0.2, 0.25) is 0 Å². The van der Waals surface area contributed by atoms with E-state index < -0.39 is 11.2 Å². The Balaban J connectivity index is 1.74. The van der Waals surface area contributed by atoms with Crippen LogP contribution in [0, 0.1) is 0 Å². The molecule has 1 fully saturated rings. The fourth-order valence-corrected chi connectivity index (χ4v) is 3.08. The van der Waals surface area contributed by atoms with E-state index >= 15 is 0 Å². The highest BCUT2D eigenvalue weighted by Gasteiger charge is 2.28. The van der Waals surface area contributed by atoms with E-state index in [-0.39, 0.29) is 0 Å². The topological polar surface area (TPSA) is 109 Å². The average Bonchev–Trinajstić information content (AvgIpc) is 3.40. The highest BCUT2D eigenvalue weighted by Crippen LogP contribution is 2.42. The van der Waals surface area contributed by atoms with Gasteiger partial charge in [-0.3, -0.25) is 14.8 Å². The molecule has 0 radical (unpaired) electrons. The summed E-state index contributed by atoms with van der Waals surface area (Å²) in [6.45, 7) is 0. The minimum Gasteiger partial charge on any atom is -0.313 e. The van der Waals surface area contributed by atoms with E-state index in [1.54, 1.807) is 16.9 Å². The Morgan fingerprint density at radius 3 is 2.81 bits per heavy atom. The van der Waals surface area contributed by atoms with E-state index in [4.69, 9.17) is 4.98 Å². The van der Waals surface area contributed by atoms with Crippen LogP contribution in [0.2, 0.25) is 0 Å². The van der Waals surface area contributed by atoms with Gasteiger partial charge in [-0.2, -0.15) is 5.10 Å². The van der Waals surface area contributed by atoms with Gasteiger partial charge in [-0.05, 0) is 37.0 Å². The number of hydrogen-bond acceptors (Lipinski definition) is 5. The first kappa shape index (κ1) is 14.8. The zero-order valence-corrected chi connectivity index (χ0v) is 13.6. The zero-order chi connectivity index (χ0) is 17.7. The summed E-state index contributed by atoms with van der Waals surface area (Å²) in [5.41, 5.74) is 3.37. The summed E-state index contributed by atoms with van der Waals surface area (Å²) in [7, 11) is 0. The number of rotatable bonds is 3. The van der Waals surface area contributed by atoms with Gasteiger partial charge in [0, 0.05) is 29.7 Å². The second-order valence-electron chi connectivity index (χ2n) is 6.38. The maximum Gasteiger partial charge on any atom is 0.325 e. The van der Waals surface area contributed by atoms with Crippen LogP contribution in [0.1, 0.15) is 24.3 Å². The molecule has 1 aliphatic rings. The minimum absolute atomic E-state index is 0.324. The Bertz CT molecular complexity index is 1230. The molecular formula is C18H14N6O2. The second-order valence-corrected chi connectivity index (χ2v) is 6.38. The molecule has 0 amide bonds. The average molecular weight is 346 g/mol. The quantitative estimate of drug-likeness (QED) is 0.587. The summed E-state index contributed by atoms with van der Waals surface area (Å²) < 4.78 is 1.70. The first-order valence-electron chi connectivity index (χ1n) is 8.32. The zero-order valence-electron chi connectivity index (χ0n) is 13.6. The van der Waals surface area contributed by atoms with Gasteiger partial charge in [-0.1, -0.05) is 0 Å². The molecule has 4 aromatic heterocycles. The van der Waals surface area contributed by atoms with E-state index in [1.807, 2.05) is 24.4 Å². The molecule has 0 unspecified atom stereocenters. The van der Waals surface area contributed by atoms with Gasteiger partial charge in [-0.15, -0.1) is 0 Å². The highest BCUT2D eigenvalue weighted by molar-refractivity contribution is 5.67. The Hall–Kier alpha value is -3.55. The fraction of sp³-hybridized carbons (Fsp3) is 0.167. The Morgan fingerprint density at radius 1 is 1.19 bits per heavy atom. The predicted octanol–water partition coefficient (Wildman–Crippen LogP) is 1.71. The predicted molar refractivity (Wildman–Crippen MR) is 94.9 cm³/mol. The van der Waals surface area contributed by atoms with Crippen molar-refractivity contribution in [2.45, 2.75) is 18.8 Å². The number of hydrogen-bond donors (Lipinski definition) is 2. The van der Waals surface area contributed by atoms with Gasteiger partial charge in [0.15, 0.2) is 5.65 Å². The van der Waals surface area contributed by atoms with Gasteiger partial charge in [0.25, 0.3) is 5.56 Å². The molecule has 26 heavy (non-hydrogen) atoms. The number of imidazole rings is 1. The molecule has 0 saturated heterocycles. The lowest BCUT2D eigenvalue weighted by molar-refractivity contribution is 0.913. The van der Waals surface area contributed by atoms with E-state index in [2.05, 4.69) is 20.1 Å². The molecule has 4 heterocycles. The van der Waals surface area contributed by atoms with Crippen LogP contribution < -0.4 is 11.2 Å². The first-order chi connectivity index (χ1) is 12.7. The first-order valence-corrected chi connectivity index (χ1v) is 8.32. The number of pyridine rings is 1. The monoisotopic (exact) mass is 346 g/mol. The number of fused-ring (bicyclic) bond motifs is 1. The normalized spacial score (nSPS) is 14.0. The van der Waals surface area contributed by atoms with Crippen molar-refractivity contribution in [1.82, 2.24) is 29.5 Å². The Labute approximate surface area is 146 Å². The van der Waals surface area contributed by atoms with Gasteiger partial charge in [-0.25, -0.2) is 14.3 Å². The lowest BCUT2D eigenvalue weighted by atomic mass is 10.1. The summed E-state index contributed by atoms with van der Waals surface area (Å²) in [6.07, 6.45) is 8.89. The molecule has 4 aromatic rings. The molecule has 0 aromatic carbocycles. The van der Waals surface area contributed by atoms with Crippen LogP contribution in [0.4, 0.5) is 0 Å². The van der Waals surface area contributed by atoms with Gasteiger partial charge < -0.3 is 4.98 Å². The van der Waals surface area contributed by atoms with E-state index in [1.165, 1.54) is 6.20 Å². The van der Waals surface area contributed by atoms with Crippen LogP contribution in [0.15, 0.2) is 52.6 Å². The van der Waals surface area contributed by atoms with Crippen molar-refractivity contribution < 1.29 is 0 Å². The summed E-state index contributed by atoms with van der Waals surface area (Å²) in [5.74, 6) is 0.422. The molecule has 1 aliphatic carbocycles. The lowest BCUT2D eigenvalue weighted by Gasteiger charge is -2.05. The third-order valence-electron chi connectivity index (χ3n) is 4.52. The van der Waals surface area contributed by atoms with E-state index in [0.29, 0.717) is 17.2 Å². The maximum absolute atomic E-state index is 12.2.